The lowest BCUT2D eigenvalue weighted by molar-refractivity contribution is 0.388. The summed E-state index contributed by atoms with van der Waals surface area (Å²) in [4.78, 5) is 4.33. The zero-order chi connectivity index (χ0) is 14.7. The molecule has 1 aliphatic rings. The van der Waals surface area contributed by atoms with Crippen molar-refractivity contribution in [2.75, 3.05) is 20.8 Å². The highest BCUT2D eigenvalue weighted by molar-refractivity contribution is 5.52. The molecule has 21 heavy (non-hydrogen) atoms. The van der Waals surface area contributed by atoms with Crippen LogP contribution in [0.5, 0.6) is 11.5 Å². The summed E-state index contributed by atoms with van der Waals surface area (Å²) in [6.07, 6.45) is 7.42. The van der Waals surface area contributed by atoms with E-state index in [2.05, 4.69) is 14.9 Å². The van der Waals surface area contributed by atoms with Crippen LogP contribution >= 0.6 is 0 Å². The number of piperidine rings is 1. The molecule has 1 aromatic carbocycles. The normalized spacial score (nSPS) is 18.5. The Morgan fingerprint density at radius 2 is 2.14 bits per heavy atom. The third kappa shape index (κ3) is 2.74. The molecule has 0 radical (unpaired) electrons. The molecule has 0 spiro atoms. The van der Waals surface area contributed by atoms with E-state index in [0.29, 0.717) is 6.04 Å². The molecule has 1 aromatic heterocycles. The van der Waals surface area contributed by atoms with Gasteiger partial charge in [0.05, 0.1) is 38.1 Å². The lowest BCUT2D eigenvalue weighted by Gasteiger charge is -2.25. The van der Waals surface area contributed by atoms with E-state index in [1.165, 1.54) is 18.5 Å². The molecule has 1 fully saturated rings. The monoisotopic (exact) mass is 287 g/mol. The van der Waals surface area contributed by atoms with Gasteiger partial charge in [-0.25, -0.2) is 4.98 Å². The molecule has 3 rings (SSSR count). The Morgan fingerprint density at radius 3 is 2.86 bits per heavy atom. The van der Waals surface area contributed by atoms with E-state index in [1.54, 1.807) is 14.2 Å². The number of benzene rings is 1. The fourth-order valence-corrected chi connectivity index (χ4v) is 2.85. The first-order valence-electron chi connectivity index (χ1n) is 7.31. The summed E-state index contributed by atoms with van der Waals surface area (Å²) in [5.41, 5.74) is 2.16. The highest BCUT2D eigenvalue weighted by Gasteiger charge is 2.20. The summed E-state index contributed by atoms with van der Waals surface area (Å²) < 4.78 is 12.9. The van der Waals surface area contributed by atoms with Gasteiger partial charge >= 0.3 is 0 Å². The van der Waals surface area contributed by atoms with Gasteiger partial charge in [0.2, 0.25) is 0 Å². The van der Waals surface area contributed by atoms with E-state index >= 15 is 0 Å². The highest BCUT2D eigenvalue weighted by Crippen LogP contribution is 2.31. The third-order valence-corrected chi connectivity index (χ3v) is 3.98. The van der Waals surface area contributed by atoms with Crippen LogP contribution < -0.4 is 14.8 Å². The Bertz CT molecular complexity index is 603. The minimum Gasteiger partial charge on any atom is -0.497 e. The second kappa shape index (κ2) is 6.18. The first-order chi connectivity index (χ1) is 10.3. The highest BCUT2D eigenvalue weighted by atomic mass is 16.5. The second-order valence-corrected chi connectivity index (χ2v) is 5.23. The molecular weight excluding hydrogens is 266 g/mol. The van der Waals surface area contributed by atoms with Gasteiger partial charge in [-0.05, 0) is 31.5 Å². The van der Waals surface area contributed by atoms with Crippen LogP contribution in [0.1, 0.15) is 31.0 Å². The molecule has 1 atom stereocenters. The van der Waals surface area contributed by atoms with Crippen molar-refractivity contribution in [2.45, 2.75) is 25.3 Å². The van der Waals surface area contributed by atoms with Crippen molar-refractivity contribution in [2.24, 2.45) is 0 Å². The minimum atomic E-state index is 0.355. The van der Waals surface area contributed by atoms with Crippen molar-refractivity contribution in [1.29, 1.82) is 0 Å². The van der Waals surface area contributed by atoms with Crippen molar-refractivity contribution < 1.29 is 9.47 Å². The molecule has 5 heteroatoms. The zero-order valence-corrected chi connectivity index (χ0v) is 12.5. The van der Waals surface area contributed by atoms with E-state index in [-0.39, 0.29) is 0 Å². The van der Waals surface area contributed by atoms with E-state index < -0.39 is 0 Å². The maximum atomic E-state index is 5.50. The Balaban J connectivity index is 1.99. The van der Waals surface area contributed by atoms with Gasteiger partial charge in [-0.1, -0.05) is 6.42 Å². The molecule has 5 nitrogen and oxygen atoms in total. The minimum absolute atomic E-state index is 0.355. The van der Waals surface area contributed by atoms with Gasteiger partial charge in [0.15, 0.2) is 0 Å². The number of imidazole rings is 1. The van der Waals surface area contributed by atoms with Gasteiger partial charge < -0.3 is 14.8 Å². The predicted octanol–water partition coefficient (Wildman–Crippen LogP) is 2.70. The second-order valence-electron chi connectivity index (χ2n) is 5.23. The predicted molar refractivity (Wildman–Crippen MR) is 81.3 cm³/mol. The van der Waals surface area contributed by atoms with E-state index in [0.717, 1.165) is 30.2 Å². The van der Waals surface area contributed by atoms with Crippen LogP contribution in [-0.4, -0.2) is 30.3 Å². The van der Waals surface area contributed by atoms with Crippen molar-refractivity contribution >= 4 is 0 Å². The number of hydrogen-bond donors (Lipinski definition) is 1. The number of rotatable bonds is 4. The fourth-order valence-electron chi connectivity index (χ4n) is 2.85. The summed E-state index contributed by atoms with van der Waals surface area (Å²) in [6, 6.07) is 6.20. The van der Waals surface area contributed by atoms with Gasteiger partial charge in [-0.2, -0.15) is 0 Å². The van der Waals surface area contributed by atoms with Gasteiger partial charge in [-0.15, -0.1) is 0 Å². The maximum absolute atomic E-state index is 5.50. The average Bonchev–Trinajstić information content (AvgIpc) is 3.04. The van der Waals surface area contributed by atoms with Crippen molar-refractivity contribution in [3.05, 3.63) is 36.4 Å². The largest absolute Gasteiger partial charge is 0.497 e. The molecule has 0 bridgehead atoms. The van der Waals surface area contributed by atoms with E-state index in [1.807, 2.05) is 30.7 Å². The average molecular weight is 287 g/mol. The van der Waals surface area contributed by atoms with Crippen LogP contribution in [0, 0.1) is 0 Å². The molecular formula is C16H21N3O2. The summed E-state index contributed by atoms with van der Waals surface area (Å²) in [5.74, 6) is 1.57. The zero-order valence-electron chi connectivity index (χ0n) is 12.5. The van der Waals surface area contributed by atoms with Crippen molar-refractivity contribution in [3.8, 4) is 17.2 Å². The summed E-state index contributed by atoms with van der Waals surface area (Å²) in [5, 5.41) is 3.57. The molecule has 1 saturated heterocycles. The molecule has 2 heterocycles. The lowest BCUT2D eigenvalue weighted by Crippen LogP contribution is -2.28. The van der Waals surface area contributed by atoms with Gasteiger partial charge in [0.25, 0.3) is 0 Å². The summed E-state index contributed by atoms with van der Waals surface area (Å²) >= 11 is 0. The molecule has 0 amide bonds. The van der Waals surface area contributed by atoms with Crippen LogP contribution in [0.25, 0.3) is 5.69 Å². The SMILES string of the molecule is COc1ccc(-n2cncc2C2CCCCN2)c(OC)c1. The number of hydrogen-bond acceptors (Lipinski definition) is 4. The first kappa shape index (κ1) is 13.9. The topological polar surface area (TPSA) is 48.3 Å². The van der Waals surface area contributed by atoms with Gasteiger partial charge in [-0.3, -0.25) is 4.57 Å². The first-order valence-corrected chi connectivity index (χ1v) is 7.31. The number of nitrogens with zero attached hydrogens (tertiary/aromatic N) is 2. The summed E-state index contributed by atoms with van der Waals surface area (Å²) in [6.45, 7) is 1.07. The van der Waals surface area contributed by atoms with Crippen LogP contribution in [0.2, 0.25) is 0 Å². The fraction of sp³-hybridized carbons (Fsp3) is 0.438. The van der Waals surface area contributed by atoms with E-state index in [4.69, 9.17) is 9.47 Å². The summed E-state index contributed by atoms with van der Waals surface area (Å²) in [7, 11) is 3.33. The Morgan fingerprint density at radius 1 is 1.24 bits per heavy atom. The van der Waals surface area contributed by atoms with Crippen LogP contribution in [0.4, 0.5) is 0 Å². The van der Waals surface area contributed by atoms with Crippen molar-refractivity contribution in [1.82, 2.24) is 14.9 Å². The van der Waals surface area contributed by atoms with Gasteiger partial charge in [0.1, 0.15) is 11.5 Å². The van der Waals surface area contributed by atoms with Crippen molar-refractivity contribution in [3.63, 3.8) is 0 Å². The van der Waals surface area contributed by atoms with E-state index in [9.17, 15) is 0 Å². The quantitative estimate of drug-likeness (QED) is 0.939. The van der Waals surface area contributed by atoms with Gasteiger partial charge in [0, 0.05) is 12.1 Å². The molecule has 1 unspecified atom stereocenters. The third-order valence-electron chi connectivity index (χ3n) is 3.98. The molecule has 112 valence electrons. The number of aromatic nitrogens is 2. The Labute approximate surface area is 124 Å². The molecule has 1 N–H and O–H groups in total. The standard InChI is InChI=1S/C16H21N3O2/c1-20-12-6-7-14(16(9-12)21-2)19-11-17-10-15(19)13-5-3-4-8-18-13/h6-7,9-11,13,18H,3-5,8H2,1-2H3. The van der Waals surface area contributed by atoms with Crippen LogP contribution in [-0.2, 0) is 0 Å². The number of ether oxygens (including phenoxy) is 2. The van der Waals surface area contributed by atoms with Crippen LogP contribution in [0.3, 0.4) is 0 Å². The Hall–Kier alpha value is -2.01. The number of methoxy groups -OCH3 is 2. The molecule has 0 saturated carbocycles. The molecule has 2 aromatic rings. The van der Waals surface area contributed by atoms with Crippen LogP contribution in [0.15, 0.2) is 30.7 Å². The molecule has 0 aliphatic carbocycles. The lowest BCUT2D eigenvalue weighted by atomic mass is 10.0. The number of nitrogens with one attached hydrogen (secondary N) is 1. The smallest absolute Gasteiger partial charge is 0.146 e. The maximum Gasteiger partial charge on any atom is 0.146 e. The molecule has 1 aliphatic heterocycles. The Kier molecular flexibility index (Phi) is 4.10.